The average Bonchev–Trinajstić information content (AvgIpc) is 3.10. The summed E-state index contributed by atoms with van der Waals surface area (Å²) in [5, 5.41) is 3.37. The molecule has 0 aliphatic carbocycles. The van der Waals surface area contributed by atoms with Crippen LogP contribution in [0.1, 0.15) is 31.7 Å². The number of amides is 1. The summed E-state index contributed by atoms with van der Waals surface area (Å²) in [5.41, 5.74) is 0.794. The summed E-state index contributed by atoms with van der Waals surface area (Å²) in [6, 6.07) is 6.72. The van der Waals surface area contributed by atoms with E-state index in [1.807, 2.05) is 13.8 Å². The van der Waals surface area contributed by atoms with Gasteiger partial charge in [-0.2, -0.15) is 18.2 Å². The number of alkyl halides is 3. The zero-order chi connectivity index (χ0) is 19.7. The number of rotatable bonds is 6. The van der Waals surface area contributed by atoms with Gasteiger partial charge in [0.1, 0.15) is 0 Å². The van der Waals surface area contributed by atoms with Crippen molar-refractivity contribution in [2.45, 2.75) is 33.0 Å². The highest BCUT2D eigenvalue weighted by atomic mass is 19.4. The molecule has 0 saturated carbocycles. The van der Waals surface area contributed by atoms with E-state index in [1.165, 1.54) is 0 Å². The first kappa shape index (κ1) is 19.3. The fourth-order valence-corrected chi connectivity index (χ4v) is 2.87. The second kappa shape index (κ2) is 7.30. The lowest BCUT2D eigenvalue weighted by atomic mass is 9.86. The summed E-state index contributed by atoms with van der Waals surface area (Å²) in [6.07, 6.45) is -3.85. The molecule has 1 fully saturated rings. The first-order valence-electron chi connectivity index (χ1n) is 8.60. The number of hydrogen-bond acceptors (Lipinski definition) is 5. The van der Waals surface area contributed by atoms with Gasteiger partial charge in [0, 0.05) is 18.7 Å². The molecule has 0 N–H and O–H groups in total. The van der Waals surface area contributed by atoms with Crippen LogP contribution in [0.3, 0.4) is 0 Å². The van der Waals surface area contributed by atoms with E-state index in [1.54, 1.807) is 29.2 Å². The Labute approximate surface area is 154 Å². The van der Waals surface area contributed by atoms with Crippen molar-refractivity contribution in [3.8, 4) is 11.4 Å². The summed E-state index contributed by atoms with van der Waals surface area (Å²) in [7, 11) is 0. The Kier molecular flexibility index (Phi) is 5.23. The first-order valence-corrected chi connectivity index (χ1v) is 8.60. The summed E-state index contributed by atoms with van der Waals surface area (Å²) in [6.45, 7) is 5.77. The maximum absolute atomic E-state index is 12.7. The predicted molar refractivity (Wildman–Crippen MR) is 89.4 cm³/mol. The minimum atomic E-state index is -4.67. The van der Waals surface area contributed by atoms with Gasteiger partial charge >= 0.3 is 12.1 Å². The van der Waals surface area contributed by atoms with E-state index < -0.39 is 17.5 Å². The Morgan fingerprint density at radius 2 is 1.93 bits per heavy atom. The lowest BCUT2D eigenvalue weighted by molar-refractivity contribution is -0.169. The molecular weight excluding hydrogens is 363 g/mol. The van der Waals surface area contributed by atoms with Gasteiger partial charge < -0.3 is 14.2 Å². The average molecular weight is 383 g/mol. The molecule has 146 valence electrons. The van der Waals surface area contributed by atoms with E-state index in [0.29, 0.717) is 31.9 Å². The number of aromatic nitrogens is 2. The number of hydrogen-bond donors (Lipinski definition) is 0. The Bertz CT molecular complexity index is 798. The Morgan fingerprint density at radius 1 is 1.26 bits per heavy atom. The van der Waals surface area contributed by atoms with Crippen LogP contribution in [-0.4, -0.2) is 40.7 Å². The molecule has 1 aromatic carbocycles. The SMILES string of the molecule is CCCN(Cc1ccc(-c2noc(C(F)(F)F)n2)cc1)C(=O)C1(C)COC1. The second-order valence-electron chi connectivity index (χ2n) is 6.90. The van der Waals surface area contributed by atoms with Crippen LogP contribution in [0.25, 0.3) is 11.4 Å². The number of carbonyl (C=O) groups excluding carboxylic acids is 1. The Hall–Kier alpha value is -2.42. The molecule has 1 amide bonds. The van der Waals surface area contributed by atoms with E-state index in [4.69, 9.17) is 4.74 Å². The van der Waals surface area contributed by atoms with Gasteiger partial charge in [-0.15, -0.1) is 0 Å². The van der Waals surface area contributed by atoms with Gasteiger partial charge in [0.15, 0.2) is 0 Å². The van der Waals surface area contributed by atoms with Crippen LogP contribution < -0.4 is 0 Å². The molecular formula is C18H20F3N3O3. The van der Waals surface area contributed by atoms with Crippen molar-refractivity contribution in [2.24, 2.45) is 5.41 Å². The highest BCUT2D eigenvalue weighted by molar-refractivity contribution is 5.83. The first-order chi connectivity index (χ1) is 12.7. The molecule has 1 aromatic heterocycles. The number of nitrogens with zero attached hydrogens (tertiary/aromatic N) is 3. The monoisotopic (exact) mass is 383 g/mol. The molecule has 6 nitrogen and oxygen atoms in total. The van der Waals surface area contributed by atoms with Gasteiger partial charge in [0.25, 0.3) is 0 Å². The van der Waals surface area contributed by atoms with Gasteiger partial charge in [-0.05, 0) is 18.9 Å². The van der Waals surface area contributed by atoms with Gasteiger partial charge in [0.2, 0.25) is 11.7 Å². The Morgan fingerprint density at radius 3 is 2.41 bits per heavy atom. The normalized spacial score (nSPS) is 16.0. The van der Waals surface area contributed by atoms with Crippen LogP contribution in [0, 0.1) is 5.41 Å². The number of halogens is 3. The zero-order valence-electron chi connectivity index (χ0n) is 15.0. The molecule has 0 unspecified atom stereocenters. The van der Waals surface area contributed by atoms with Crippen molar-refractivity contribution in [3.05, 3.63) is 35.7 Å². The predicted octanol–water partition coefficient (Wildman–Crippen LogP) is 3.53. The number of ether oxygens (including phenoxy) is 1. The minimum absolute atomic E-state index is 0.0488. The zero-order valence-corrected chi connectivity index (χ0v) is 15.0. The van der Waals surface area contributed by atoms with E-state index in [9.17, 15) is 18.0 Å². The fourth-order valence-electron chi connectivity index (χ4n) is 2.87. The van der Waals surface area contributed by atoms with E-state index >= 15 is 0 Å². The van der Waals surface area contributed by atoms with Gasteiger partial charge in [-0.1, -0.05) is 36.3 Å². The van der Waals surface area contributed by atoms with Crippen LogP contribution in [0.5, 0.6) is 0 Å². The third-order valence-electron chi connectivity index (χ3n) is 4.39. The van der Waals surface area contributed by atoms with Crippen LogP contribution in [0.15, 0.2) is 28.8 Å². The molecule has 3 rings (SSSR count). The molecule has 2 aromatic rings. The summed E-state index contributed by atoms with van der Waals surface area (Å²) >= 11 is 0. The third-order valence-corrected chi connectivity index (χ3v) is 4.39. The maximum Gasteiger partial charge on any atom is 0.471 e. The van der Waals surface area contributed by atoms with Crippen LogP contribution >= 0.6 is 0 Å². The highest BCUT2D eigenvalue weighted by Crippen LogP contribution is 2.31. The lowest BCUT2D eigenvalue weighted by Gasteiger charge is -2.40. The van der Waals surface area contributed by atoms with Gasteiger partial charge in [-0.25, -0.2) is 0 Å². The lowest BCUT2D eigenvalue weighted by Crippen LogP contribution is -2.53. The molecule has 0 spiro atoms. The minimum Gasteiger partial charge on any atom is -0.379 e. The molecule has 0 radical (unpaired) electrons. The van der Waals surface area contributed by atoms with E-state index in [0.717, 1.165) is 12.0 Å². The molecule has 0 bridgehead atoms. The van der Waals surface area contributed by atoms with Crippen molar-refractivity contribution in [1.29, 1.82) is 0 Å². The van der Waals surface area contributed by atoms with Gasteiger partial charge in [-0.3, -0.25) is 4.79 Å². The van der Waals surface area contributed by atoms with Crippen molar-refractivity contribution >= 4 is 5.91 Å². The standard InChI is InChI=1S/C18H20F3N3O3/c1-3-8-24(16(25)17(2)10-26-11-17)9-12-4-6-13(7-5-12)14-22-15(27-23-14)18(19,20)21/h4-7H,3,8-11H2,1-2H3. The fraction of sp³-hybridized carbons (Fsp3) is 0.500. The van der Waals surface area contributed by atoms with E-state index in [-0.39, 0.29) is 11.7 Å². The van der Waals surface area contributed by atoms with Gasteiger partial charge in [0.05, 0.1) is 18.6 Å². The molecule has 1 saturated heterocycles. The van der Waals surface area contributed by atoms with Crippen LogP contribution in [0.2, 0.25) is 0 Å². The second-order valence-corrected chi connectivity index (χ2v) is 6.90. The molecule has 1 aliphatic heterocycles. The smallest absolute Gasteiger partial charge is 0.379 e. The van der Waals surface area contributed by atoms with E-state index in [2.05, 4.69) is 14.7 Å². The third kappa shape index (κ3) is 4.13. The molecule has 2 heterocycles. The van der Waals surface area contributed by atoms with Crippen molar-refractivity contribution < 1.29 is 27.2 Å². The van der Waals surface area contributed by atoms with Crippen molar-refractivity contribution in [1.82, 2.24) is 15.0 Å². The topological polar surface area (TPSA) is 68.5 Å². The quantitative estimate of drug-likeness (QED) is 0.763. The summed E-state index contributed by atoms with van der Waals surface area (Å²) < 4.78 is 47.1. The highest BCUT2D eigenvalue weighted by Gasteiger charge is 2.43. The summed E-state index contributed by atoms with van der Waals surface area (Å²) in [4.78, 5) is 17.9. The van der Waals surface area contributed by atoms with Crippen molar-refractivity contribution in [3.63, 3.8) is 0 Å². The number of benzene rings is 1. The molecule has 1 aliphatic rings. The van der Waals surface area contributed by atoms with Crippen molar-refractivity contribution in [2.75, 3.05) is 19.8 Å². The Balaban J connectivity index is 1.72. The molecule has 27 heavy (non-hydrogen) atoms. The largest absolute Gasteiger partial charge is 0.471 e. The van der Waals surface area contributed by atoms with Crippen LogP contribution in [0.4, 0.5) is 13.2 Å². The molecule has 9 heteroatoms. The maximum atomic E-state index is 12.7. The van der Waals surface area contributed by atoms with Crippen LogP contribution in [-0.2, 0) is 22.3 Å². The summed E-state index contributed by atoms with van der Waals surface area (Å²) in [5.74, 6) is -1.46. The number of carbonyl (C=O) groups is 1. The molecule has 0 atom stereocenters.